The van der Waals surface area contributed by atoms with Gasteiger partial charge in [0.25, 0.3) is 0 Å². The molecule has 3 heteroatoms. The Morgan fingerprint density at radius 2 is 2.12 bits per heavy atom. The van der Waals surface area contributed by atoms with Crippen LogP contribution in [0.2, 0.25) is 0 Å². The molecular weight excluding hydrogens is 120 g/mol. The first-order valence-electron chi connectivity index (χ1n) is 2.78. The molecule has 0 aromatic heterocycles. The molecule has 0 amide bonds. The van der Waals surface area contributed by atoms with Crippen molar-refractivity contribution in [1.82, 2.24) is 4.41 Å². The fourth-order valence-electron chi connectivity index (χ4n) is 0.622. The van der Waals surface area contributed by atoms with Crippen molar-refractivity contribution in [2.45, 2.75) is 25.3 Å². The van der Waals surface area contributed by atoms with E-state index >= 15 is 0 Å². The minimum atomic E-state index is 0.333. The molecule has 1 aliphatic carbocycles. The number of nitrogens with zero attached hydrogens (tertiary/aromatic N) is 1. The molecule has 8 heavy (non-hydrogen) atoms. The number of nitrogens with two attached hydrogens (primary N) is 1. The van der Waals surface area contributed by atoms with E-state index in [-0.39, 0.29) is 0 Å². The molecule has 1 saturated carbocycles. The Balaban J connectivity index is 2.34. The molecule has 1 aliphatic rings. The fraction of sp³-hybridized carbons (Fsp3) is 1.00. The van der Waals surface area contributed by atoms with Gasteiger partial charge in [-0.3, -0.25) is 5.84 Å². The lowest BCUT2D eigenvalue weighted by Crippen LogP contribution is -2.34. The third-order valence-electron chi connectivity index (χ3n) is 1.70. The third kappa shape index (κ3) is 0.989. The third-order valence-corrected chi connectivity index (χ3v) is 2.54. The summed E-state index contributed by atoms with van der Waals surface area (Å²) in [6.45, 7) is 2.18. The van der Waals surface area contributed by atoms with Gasteiger partial charge >= 0.3 is 0 Å². The average Bonchev–Trinajstić information content (AvgIpc) is 2.47. The predicted octanol–water partition coefficient (Wildman–Crippen LogP) is 0.993. The van der Waals surface area contributed by atoms with Crippen LogP contribution in [-0.4, -0.2) is 16.2 Å². The van der Waals surface area contributed by atoms with Crippen molar-refractivity contribution in [1.29, 1.82) is 0 Å². The molecule has 0 aromatic rings. The number of hydrogen-bond donors (Lipinski definition) is 1. The summed E-state index contributed by atoms with van der Waals surface area (Å²) >= 11 is 1.61. The molecule has 0 saturated heterocycles. The highest BCUT2D eigenvalue weighted by atomic mass is 32.2. The van der Waals surface area contributed by atoms with E-state index < -0.39 is 0 Å². The van der Waals surface area contributed by atoms with Crippen LogP contribution in [0.15, 0.2) is 0 Å². The molecule has 0 heterocycles. The first-order chi connectivity index (χ1) is 3.69. The maximum Gasteiger partial charge on any atom is 0.0438 e. The van der Waals surface area contributed by atoms with Crippen LogP contribution < -0.4 is 5.84 Å². The summed E-state index contributed by atoms with van der Waals surface area (Å²) in [6.07, 6.45) is 4.51. The Labute approximate surface area is 54.5 Å². The zero-order chi connectivity index (χ0) is 6.20. The quantitative estimate of drug-likeness (QED) is 0.345. The predicted molar refractivity (Wildman–Crippen MR) is 37.2 cm³/mol. The van der Waals surface area contributed by atoms with Crippen molar-refractivity contribution in [3.8, 4) is 0 Å². The van der Waals surface area contributed by atoms with Crippen LogP contribution in [0.4, 0.5) is 0 Å². The lowest BCUT2D eigenvalue weighted by Gasteiger charge is -2.19. The van der Waals surface area contributed by atoms with Crippen LogP contribution >= 0.6 is 11.9 Å². The van der Waals surface area contributed by atoms with Crippen LogP contribution in [0.25, 0.3) is 0 Å². The molecule has 0 aromatic carbocycles. The fourth-order valence-corrected chi connectivity index (χ4v) is 1.25. The SMILES string of the molecule is CSN(N)C1(C)CC1. The Kier molecular flexibility index (Phi) is 1.52. The van der Waals surface area contributed by atoms with Crippen LogP contribution in [0, 0.1) is 0 Å². The van der Waals surface area contributed by atoms with E-state index in [4.69, 9.17) is 5.84 Å². The van der Waals surface area contributed by atoms with Crippen molar-refractivity contribution in [2.24, 2.45) is 5.84 Å². The van der Waals surface area contributed by atoms with Crippen molar-refractivity contribution < 1.29 is 0 Å². The van der Waals surface area contributed by atoms with E-state index in [0.29, 0.717) is 5.54 Å². The molecule has 0 radical (unpaired) electrons. The molecule has 1 rings (SSSR count). The highest BCUT2D eigenvalue weighted by Crippen LogP contribution is 2.41. The Morgan fingerprint density at radius 1 is 1.62 bits per heavy atom. The Hall–Kier alpha value is 0.270. The summed E-state index contributed by atoms with van der Waals surface area (Å²) in [5.41, 5.74) is 0.333. The highest BCUT2D eigenvalue weighted by molar-refractivity contribution is 7.96. The molecule has 2 N–H and O–H groups in total. The van der Waals surface area contributed by atoms with Gasteiger partial charge in [0.1, 0.15) is 0 Å². The maximum absolute atomic E-state index is 5.61. The number of hydrogen-bond acceptors (Lipinski definition) is 3. The molecule has 48 valence electrons. The topological polar surface area (TPSA) is 29.3 Å². The van der Waals surface area contributed by atoms with E-state index in [1.807, 2.05) is 10.7 Å². The maximum atomic E-state index is 5.61. The molecule has 0 aliphatic heterocycles. The zero-order valence-electron chi connectivity index (χ0n) is 5.35. The summed E-state index contributed by atoms with van der Waals surface area (Å²) in [6, 6.07) is 0. The Bertz CT molecular complexity index is 90.4. The van der Waals surface area contributed by atoms with Gasteiger partial charge in [0.15, 0.2) is 0 Å². The molecule has 0 spiro atoms. The summed E-state index contributed by atoms with van der Waals surface area (Å²) in [7, 11) is 0. The molecule has 1 fully saturated rings. The summed E-state index contributed by atoms with van der Waals surface area (Å²) in [5.74, 6) is 5.61. The second-order valence-corrected chi connectivity index (χ2v) is 3.26. The van der Waals surface area contributed by atoms with E-state index in [2.05, 4.69) is 6.92 Å². The zero-order valence-corrected chi connectivity index (χ0v) is 6.16. The first kappa shape index (κ1) is 6.39. The lowest BCUT2D eigenvalue weighted by atomic mass is 10.4. The average molecular weight is 132 g/mol. The Morgan fingerprint density at radius 3 is 2.25 bits per heavy atom. The van der Waals surface area contributed by atoms with Gasteiger partial charge in [-0.1, -0.05) is 11.9 Å². The monoisotopic (exact) mass is 132 g/mol. The van der Waals surface area contributed by atoms with E-state index in [9.17, 15) is 0 Å². The second kappa shape index (κ2) is 1.90. The minimum Gasteiger partial charge on any atom is -0.258 e. The van der Waals surface area contributed by atoms with Crippen molar-refractivity contribution in [2.75, 3.05) is 6.26 Å². The summed E-state index contributed by atoms with van der Waals surface area (Å²) < 4.78 is 1.84. The molecule has 0 unspecified atom stereocenters. The van der Waals surface area contributed by atoms with Gasteiger partial charge < -0.3 is 0 Å². The summed E-state index contributed by atoms with van der Waals surface area (Å²) in [5, 5.41) is 0. The van der Waals surface area contributed by atoms with E-state index in [1.54, 1.807) is 11.9 Å². The number of hydrazine groups is 1. The van der Waals surface area contributed by atoms with Gasteiger partial charge in [0.05, 0.1) is 0 Å². The summed E-state index contributed by atoms with van der Waals surface area (Å²) in [4.78, 5) is 0. The van der Waals surface area contributed by atoms with Crippen LogP contribution in [0.5, 0.6) is 0 Å². The van der Waals surface area contributed by atoms with Crippen LogP contribution in [-0.2, 0) is 0 Å². The highest BCUT2D eigenvalue weighted by Gasteiger charge is 2.41. The van der Waals surface area contributed by atoms with Crippen LogP contribution in [0.1, 0.15) is 19.8 Å². The van der Waals surface area contributed by atoms with Gasteiger partial charge in [0, 0.05) is 5.54 Å². The lowest BCUT2D eigenvalue weighted by molar-refractivity contribution is 0.369. The van der Waals surface area contributed by atoms with Crippen molar-refractivity contribution in [3.05, 3.63) is 0 Å². The minimum absolute atomic E-state index is 0.333. The standard InChI is InChI=1S/C5H12N2S/c1-5(3-4-5)7(6)8-2/h3-4,6H2,1-2H3. The van der Waals surface area contributed by atoms with Gasteiger partial charge in [-0.2, -0.15) is 4.41 Å². The van der Waals surface area contributed by atoms with Crippen molar-refractivity contribution in [3.63, 3.8) is 0 Å². The van der Waals surface area contributed by atoms with E-state index in [0.717, 1.165) is 0 Å². The largest absolute Gasteiger partial charge is 0.258 e. The second-order valence-electron chi connectivity index (χ2n) is 2.51. The molecule has 2 nitrogen and oxygen atoms in total. The van der Waals surface area contributed by atoms with Gasteiger partial charge in [-0.25, -0.2) is 0 Å². The van der Waals surface area contributed by atoms with E-state index in [1.165, 1.54) is 12.8 Å². The number of rotatable bonds is 2. The van der Waals surface area contributed by atoms with Gasteiger partial charge in [0.2, 0.25) is 0 Å². The van der Waals surface area contributed by atoms with Crippen LogP contribution in [0.3, 0.4) is 0 Å². The first-order valence-corrected chi connectivity index (χ1v) is 3.96. The normalized spacial score (nSPS) is 24.0. The van der Waals surface area contributed by atoms with Gasteiger partial charge in [-0.15, -0.1) is 0 Å². The smallest absolute Gasteiger partial charge is 0.0438 e. The van der Waals surface area contributed by atoms with Crippen molar-refractivity contribution >= 4 is 11.9 Å². The van der Waals surface area contributed by atoms with Gasteiger partial charge in [-0.05, 0) is 26.0 Å². The molecular formula is C5H12N2S. The molecule has 0 bridgehead atoms. The molecule has 0 atom stereocenters.